The molecule has 0 bridgehead atoms. The second kappa shape index (κ2) is 8.10. The monoisotopic (exact) mass is 452 g/mol. The van der Waals surface area contributed by atoms with Crippen LogP contribution in [0.25, 0.3) is 12.2 Å². The quantitative estimate of drug-likeness (QED) is 0.448. The molecule has 1 aliphatic heterocycles. The van der Waals surface area contributed by atoms with Gasteiger partial charge < -0.3 is 24.8 Å². The summed E-state index contributed by atoms with van der Waals surface area (Å²) < 4.78 is 12.2. The lowest BCUT2D eigenvalue weighted by atomic mass is 9.57. The van der Waals surface area contributed by atoms with Crippen molar-refractivity contribution in [3.05, 3.63) is 46.5 Å². The molecule has 176 valence electrons. The SMILES string of the molecule is COc1cc(/C=C/c2cc(O)c(C(C)=O)c(O)c2)cc2c1O[C@]1(C)CC[C@@H](O)C(C)(C)[C@H]1C2. The highest BCUT2D eigenvalue weighted by Crippen LogP contribution is 2.55. The number of Topliss-reactive ketones (excluding diaryl/α,β-unsaturated/α-hetero) is 1. The largest absolute Gasteiger partial charge is 0.507 e. The van der Waals surface area contributed by atoms with Gasteiger partial charge in [0, 0.05) is 5.92 Å². The normalized spacial score (nSPS) is 25.8. The molecule has 33 heavy (non-hydrogen) atoms. The summed E-state index contributed by atoms with van der Waals surface area (Å²) in [6.45, 7) is 7.64. The predicted molar refractivity (Wildman–Crippen MR) is 127 cm³/mol. The van der Waals surface area contributed by atoms with Gasteiger partial charge in [-0.2, -0.15) is 0 Å². The predicted octanol–water partition coefficient (Wildman–Crippen LogP) is 4.97. The Morgan fingerprint density at radius 3 is 2.27 bits per heavy atom. The molecule has 0 amide bonds. The van der Waals surface area contributed by atoms with Crippen LogP contribution < -0.4 is 9.47 Å². The zero-order valence-corrected chi connectivity index (χ0v) is 19.8. The molecule has 4 rings (SSSR count). The number of ether oxygens (including phenoxy) is 2. The van der Waals surface area contributed by atoms with Gasteiger partial charge in [0.15, 0.2) is 17.3 Å². The Morgan fingerprint density at radius 1 is 1.09 bits per heavy atom. The first kappa shape index (κ1) is 23.2. The zero-order valence-electron chi connectivity index (χ0n) is 19.8. The molecule has 0 aromatic heterocycles. The molecule has 1 saturated carbocycles. The lowest BCUT2D eigenvalue weighted by molar-refractivity contribution is -0.138. The standard InChI is InChI=1S/C27H32O6/c1-15(28)24-19(29)11-17(12-20(24)30)7-6-16-10-18-14-22-26(2,3)23(31)8-9-27(22,4)33-25(18)21(13-16)32-5/h6-7,10-13,22-23,29-31H,8-9,14H2,1-5H3/b7-6+/t22-,23-,27-/m1/s1. The van der Waals surface area contributed by atoms with Crippen molar-refractivity contribution >= 4 is 17.9 Å². The number of phenolic OH excluding ortho intramolecular Hbond substituents is 2. The number of aliphatic hydroxyl groups is 1. The topological polar surface area (TPSA) is 96.2 Å². The second-order valence-corrected chi connectivity index (χ2v) is 10.1. The van der Waals surface area contributed by atoms with Gasteiger partial charge in [0.25, 0.3) is 0 Å². The fraction of sp³-hybridized carbons (Fsp3) is 0.444. The average molecular weight is 453 g/mol. The summed E-state index contributed by atoms with van der Waals surface area (Å²) in [5.41, 5.74) is 1.73. The minimum Gasteiger partial charge on any atom is -0.507 e. The zero-order chi connectivity index (χ0) is 24.1. The van der Waals surface area contributed by atoms with Crippen LogP contribution in [0.15, 0.2) is 24.3 Å². The minimum atomic E-state index is -0.400. The van der Waals surface area contributed by atoms with Crippen LogP contribution in [-0.2, 0) is 6.42 Å². The molecular weight excluding hydrogens is 420 g/mol. The highest BCUT2D eigenvalue weighted by molar-refractivity contribution is 5.99. The van der Waals surface area contributed by atoms with E-state index in [1.807, 2.05) is 12.1 Å². The molecule has 1 fully saturated rings. The number of methoxy groups -OCH3 is 1. The Hall–Kier alpha value is -2.99. The fourth-order valence-corrected chi connectivity index (χ4v) is 5.52. The number of aromatic hydroxyl groups is 2. The van der Waals surface area contributed by atoms with Crippen LogP contribution >= 0.6 is 0 Å². The van der Waals surface area contributed by atoms with E-state index >= 15 is 0 Å². The van der Waals surface area contributed by atoms with E-state index in [0.717, 1.165) is 29.7 Å². The first-order chi connectivity index (χ1) is 15.5. The van der Waals surface area contributed by atoms with Crippen LogP contribution in [0.3, 0.4) is 0 Å². The maximum absolute atomic E-state index is 11.6. The molecule has 6 nitrogen and oxygen atoms in total. The summed E-state index contributed by atoms with van der Waals surface area (Å²) in [6.07, 6.45) is 5.51. The van der Waals surface area contributed by atoms with E-state index in [1.165, 1.54) is 19.1 Å². The van der Waals surface area contributed by atoms with Crippen LogP contribution in [0.1, 0.15) is 67.6 Å². The molecule has 2 aromatic carbocycles. The van der Waals surface area contributed by atoms with Gasteiger partial charge in [0.2, 0.25) is 0 Å². The van der Waals surface area contributed by atoms with E-state index in [0.29, 0.717) is 17.7 Å². The first-order valence-corrected chi connectivity index (χ1v) is 11.3. The number of carbonyl (C=O) groups is 1. The van der Waals surface area contributed by atoms with Gasteiger partial charge >= 0.3 is 0 Å². The van der Waals surface area contributed by atoms with Gasteiger partial charge in [0.05, 0.1) is 13.2 Å². The molecule has 0 saturated heterocycles. The molecule has 0 radical (unpaired) electrons. The number of aliphatic hydroxyl groups excluding tert-OH is 1. The van der Waals surface area contributed by atoms with Crippen LogP contribution in [0.5, 0.6) is 23.0 Å². The number of benzene rings is 2. The lowest BCUT2D eigenvalue weighted by Crippen LogP contribution is -2.58. The third-order valence-corrected chi connectivity index (χ3v) is 7.48. The number of hydrogen-bond acceptors (Lipinski definition) is 6. The van der Waals surface area contributed by atoms with Crippen molar-refractivity contribution in [1.82, 2.24) is 0 Å². The van der Waals surface area contributed by atoms with Gasteiger partial charge in [-0.25, -0.2) is 0 Å². The average Bonchev–Trinajstić information content (AvgIpc) is 2.73. The summed E-state index contributed by atoms with van der Waals surface area (Å²) in [4.78, 5) is 11.6. The van der Waals surface area contributed by atoms with E-state index in [9.17, 15) is 20.1 Å². The van der Waals surface area contributed by atoms with E-state index in [4.69, 9.17) is 9.47 Å². The van der Waals surface area contributed by atoms with Crippen molar-refractivity contribution in [2.75, 3.05) is 7.11 Å². The van der Waals surface area contributed by atoms with Crippen LogP contribution in [-0.4, -0.2) is 39.9 Å². The number of carbonyl (C=O) groups excluding carboxylic acids is 1. The molecule has 1 heterocycles. The smallest absolute Gasteiger partial charge is 0.167 e. The molecular formula is C27H32O6. The molecule has 0 spiro atoms. The molecule has 1 aliphatic carbocycles. The van der Waals surface area contributed by atoms with Crippen molar-refractivity contribution in [3.63, 3.8) is 0 Å². The number of rotatable bonds is 4. The number of ketones is 1. The van der Waals surface area contributed by atoms with Gasteiger partial charge in [0.1, 0.15) is 22.7 Å². The van der Waals surface area contributed by atoms with Crippen molar-refractivity contribution in [2.24, 2.45) is 11.3 Å². The molecule has 2 aliphatic rings. The lowest BCUT2D eigenvalue weighted by Gasteiger charge is -2.55. The number of fused-ring (bicyclic) bond motifs is 2. The van der Waals surface area contributed by atoms with E-state index in [-0.39, 0.29) is 40.1 Å². The van der Waals surface area contributed by atoms with Gasteiger partial charge in [-0.15, -0.1) is 0 Å². The third kappa shape index (κ3) is 3.97. The van der Waals surface area contributed by atoms with E-state index < -0.39 is 5.78 Å². The third-order valence-electron chi connectivity index (χ3n) is 7.48. The Labute approximate surface area is 194 Å². The highest BCUT2D eigenvalue weighted by Gasteiger charge is 2.54. The van der Waals surface area contributed by atoms with Gasteiger partial charge in [-0.05, 0) is 79.5 Å². The summed E-state index contributed by atoms with van der Waals surface area (Å²) in [7, 11) is 1.62. The summed E-state index contributed by atoms with van der Waals surface area (Å²) in [5, 5.41) is 30.9. The van der Waals surface area contributed by atoms with Crippen molar-refractivity contribution in [2.45, 2.75) is 58.7 Å². The Kier molecular flexibility index (Phi) is 5.69. The Balaban J connectivity index is 1.70. The van der Waals surface area contributed by atoms with E-state index in [2.05, 4.69) is 26.8 Å². The van der Waals surface area contributed by atoms with Crippen molar-refractivity contribution in [3.8, 4) is 23.0 Å². The Bertz CT molecular complexity index is 1110. The van der Waals surface area contributed by atoms with Crippen LogP contribution in [0.2, 0.25) is 0 Å². The molecule has 2 aromatic rings. The van der Waals surface area contributed by atoms with Crippen LogP contribution in [0.4, 0.5) is 0 Å². The van der Waals surface area contributed by atoms with Crippen molar-refractivity contribution < 1.29 is 29.6 Å². The fourth-order valence-electron chi connectivity index (χ4n) is 5.52. The van der Waals surface area contributed by atoms with Gasteiger partial charge in [-0.3, -0.25) is 4.79 Å². The van der Waals surface area contributed by atoms with E-state index in [1.54, 1.807) is 13.2 Å². The molecule has 3 atom stereocenters. The maximum Gasteiger partial charge on any atom is 0.167 e. The summed E-state index contributed by atoms with van der Waals surface area (Å²) >= 11 is 0. The number of hydrogen-bond donors (Lipinski definition) is 3. The van der Waals surface area contributed by atoms with Crippen LogP contribution in [0, 0.1) is 11.3 Å². The Morgan fingerprint density at radius 2 is 1.70 bits per heavy atom. The van der Waals surface area contributed by atoms with Gasteiger partial charge in [-0.1, -0.05) is 26.0 Å². The highest BCUT2D eigenvalue weighted by atomic mass is 16.5. The van der Waals surface area contributed by atoms with Crippen molar-refractivity contribution in [1.29, 1.82) is 0 Å². The summed E-state index contributed by atoms with van der Waals surface area (Å²) in [5.74, 6) is 0.642. The molecule has 0 unspecified atom stereocenters. The first-order valence-electron chi connectivity index (χ1n) is 11.3. The molecule has 3 N–H and O–H groups in total. The minimum absolute atomic E-state index is 0.0833. The number of phenols is 2. The second-order valence-electron chi connectivity index (χ2n) is 10.1. The molecule has 6 heteroatoms. The maximum atomic E-state index is 11.6. The summed E-state index contributed by atoms with van der Waals surface area (Å²) in [6, 6.07) is 6.84.